The highest BCUT2D eigenvalue weighted by atomic mass is 19.1. The number of fused-ring (bicyclic) bond motifs is 1. The van der Waals surface area contributed by atoms with Crippen LogP contribution in [0.5, 0.6) is 0 Å². The molecule has 9 heteroatoms. The molecular formula is C30H39BFN3O4. The van der Waals surface area contributed by atoms with Gasteiger partial charge in [-0.05, 0) is 116 Å². The Kier molecular flexibility index (Phi) is 6.62. The largest absolute Gasteiger partial charge is 0.458 e. The van der Waals surface area contributed by atoms with Crippen molar-refractivity contribution in [2.24, 2.45) is 0 Å². The summed E-state index contributed by atoms with van der Waals surface area (Å²) in [6, 6.07) is 10.6. The van der Waals surface area contributed by atoms with Gasteiger partial charge in [0.1, 0.15) is 11.4 Å². The summed E-state index contributed by atoms with van der Waals surface area (Å²) in [4.78, 5) is 14.9. The van der Waals surface area contributed by atoms with Crippen LogP contribution in [0.3, 0.4) is 0 Å². The van der Waals surface area contributed by atoms with Crippen LogP contribution in [0, 0.1) is 12.7 Å². The molecule has 208 valence electrons. The highest BCUT2D eigenvalue weighted by molar-refractivity contribution is 6.46. The van der Waals surface area contributed by atoms with E-state index in [1.54, 1.807) is 12.1 Å². The highest BCUT2D eigenvalue weighted by Crippen LogP contribution is 2.46. The third-order valence-electron chi connectivity index (χ3n) is 8.42. The Morgan fingerprint density at radius 3 is 2.36 bits per heavy atom. The predicted molar refractivity (Wildman–Crippen MR) is 151 cm³/mol. The molecule has 1 aromatic heterocycles. The minimum absolute atomic E-state index is 0.283. The maximum absolute atomic E-state index is 13.5. The molecule has 1 amide bonds. The number of ether oxygens (including phenoxy) is 1. The van der Waals surface area contributed by atoms with Crippen molar-refractivity contribution in [3.05, 3.63) is 59.5 Å². The summed E-state index contributed by atoms with van der Waals surface area (Å²) in [7, 11) is -0.411. The Hall–Kier alpha value is -2.91. The minimum atomic E-state index is -0.572. The van der Waals surface area contributed by atoms with Crippen LogP contribution in [-0.2, 0) is 19.5 Å². The third kappa shape index (κ3) is 5.19. The SMILES string of the molecule is Cc1cc2c(cnn2-c2ccc(F)cc2)cc1C1(CB2OC(C)(C)C(C)(C)O2)CCN(C(=O)OC(C)(C)C)C1. The number of amides is 1. The molecular weight excluding hydrogens is 496 g/mol. The molecule has 3 heterocycles. The van der Waals surface area contributed by atoms with Crippen LogP contribution in [0.1, 0.15) is 66.0 Å². The van der Waals surface area contributed by atoms with Gasteiger partial charge in [-0.2, -0.15) is 5.10 Å². The van der Waals surface area contributed by atoms with Crippen molar-refractivity contribution in [3.63, 3.8) is 0 Å². The average Bonchev–Trinajstić information content (AvgIpc) is 3.47. The van der Waals surface area contributed by atoms with Crippen molar-refractivity contribution in [2.75, 3.05) is 13.1 Å². The lowest BCUT2D eigenvalue weighted by molar-refractivity contribution is 0.00578. The van der Waals surface area contributed by atoms with E-state index >= 15 is 0 Å². The molecule has 5 rings (SSSR count). The lowest BCUT2D eigenvalue weighted by Crippen LogP contribution is -2.41. The molecule has 3 aromatic rings. The lowest BCUT2D eigenvalue weighted by Gasteiger charge is -2.33. The van der Waals surface area contributed by atoms with E-state index in [0.29, 0.717) is 19.4 Å². The second kappa shape index (κ2) is 9.34. The maximum Gasteiger partial charge on any atom is 0.458 e. The molecule has 0 radical (unpaired) electrons. The molecule has 0 N–H and O–H groups in total. The van der Waals surface area contributed by atoms with E-state index in [9.17, 15) is 9.18 Å². The lowest BCUT2D eigenvalue weighted by atomic mass is 9.63. The number of hydrogen-bond donors (Lipinski definition) is 0. The van der Waals surface area contributed by atoms with Crippen molar-refractivity contribution >= 4 is 24.1 Å². The molecule has 0 spiro atoms. The molecule has 7 nitrogen and oxygen atoms in total. The van der Waals surface area contributed by atoms with Crippen molar-refractivity contribution in [1.29, 1.82) is 0 Å². The fourth-order valence-electron chi connectivity index (χ4n) is 5.76. The summed E-state index contributed by atoms with van der Waals surface area (Å²) in [5.74, 6) is -0.283. The van der Waals surface area contributed by atoms with Gasteiger partial charge in [0.15, 0.2) is 0 Å². The van der Waals surface area contributed by atoms with Gasteiger partial charge in [-0.1, -0.05) is 0 Å². The van der Waals surface area contributed by atoms with Crippen LogP contribution in [0.2, 0.25) is 6.32 Å². The van der Waals surface area contributed by atoms with Gasteiger partial charge in [-0.25, -0.2) is 13.9 Å². The Morgan fingerprint density at radius 2 is 1.74 bits per heavy atom. The number of hydrogen-bond acceptors (Lipinski definition) is 5. The van der Waals surface area contributed by atoms with Gasteiger partial charge in [-0.3, -0.25) is 0 Å². The normalized spacial score (nSPS) is 22.6. The van der Waals surface area contributed by atoms with Crippen LogP contribution < -0.4 is 0 Å². The van der Waals surface area contributed by atoms with E-state index in [4.69, 9.17) is 14.0 Å². The number of aryl methyl sites for hydroxylation is 1. The molecule has 2 aliphatic heterocycles. The molecule has 2 fully saturated rings. The summed E-state index contributed by atoms with van der Waals surface area (Å²) >= 11 is 0. The van der Waals surface area contributed by atoms with Crippen LogP contribution in [0.25, 0.3) is 16.6 Å². The monoisotopic (exact) mass is 535 g/mol. The van der Waals surface area contributed by atoms with Gasteiger partial charge < -0.3 is 18.9 Å². The molecule has 39 heavy (non-hydrogen) atoms. The van der Waals surface area contributed by atoms with Crippen LogP contribution in [0.4, 0.5) is 9.18 Å². The average molecular weight is 535 g/mol. The first-order valence-electron chi connectivity index (χ1n) is 13.7. The Balaban J connectivity index is 1.54. The van der Waals surface area contributed by atoms with Crippen LogP contribution in [-0.4, -0.2) is 57.8 Å². The fourth-order valence-corrected chi connectivity index (χ4v) is 5.76. The van der Waals surface area contributed by atoms with Crippen LogP contribution in [0.15, 0.2) is 42.6 Å². The van der Waals surface area contributed by atoms with E-state index in [1.807, 2.05) is 36.5 Å². The van der Waals surface area contributed by atoms with E-state index in [0.717, 1.165) is 34.1 Å². The van der Waals surface area contributed by atoms with Crippen LogP contribution >= 0.6 is 0 Å². The smallest absolute Gasteiger partial charge is 0.444 e. The zero-order chi connectivity index (χ0) is 28.4. The quantitative estimate of drug-likeness (QED) is 0.360. The number of rotatable bonds is 4. The predicted octanol–water partition coefficient (Wildman–Crippen LogP) is 6.44. The first-order chi connectivity index (χ1) is 18.1. The van der Waals surface area contributed by atoms with Gasteiger partial charge in [0.25, 0.3) is 0 Å². The first kappa shape index (κ1) is 27.7. The maximum atomic E-state index is 13.5. The Morgan fingerprint density at radius 1 is 1.10 bits per heavy atom. The number of likely N-dealkylation sites (tertiary alicyclic amines) is 1. The van der Waals surface area contributed by atoms with E-state index in [2.05, 4.69) is 51.9 Å². The molecule has 1 unspecified atom stereocenters. The third-order valence-corrected chi connectivity index (χ3v) is 8.42. The fraction of sp³-hybridized carbons (Fsp3) is 0.533. The summed E-state index contributed by atoms with van der Waals surface area (Å²) in [5, 5.41) is 5.59. The van der Waals surface area contributed by atoms with Gasteiger partial charge in [0.05, 0.1) is 28.6 Å². The summed E-state index contributed by atoms with van der Waals surface area (Å²) in [6.07, 6.45) is 2.90. The number of nitrogens with zero attached hydrogens (tertiary/aromatic N) is 3. The minimum Gasteiger partial charge on any atom is -0.444 e. The van der Waals surface area contributed by atoms with Crippen molar-refractivity contribution in [1.82, 2.24) is 14.7 Å². The van der Waals surface area contributed by atoms with Gasteiger partial charge in [0, 0.05) is 23.9 Å². The van der Waals surface area contributed by atoms with Gasteiger partial charge >= 0.3 is 13.2 Å². The molecule has 2 aliphatic rings. The van der Waals surface area contributed by atoms with E-state index in [-0.39, 0.29) is 11.9 Å². The summed E-state index contributed by atoms with van der Waals surface area (Å²) < 4.78 is 34.0. The number of halogens is 1. The van der Waals surface area contributed by atoms with Gasteiger partial charge in [-0.15, -0.1) is 0 Å². The zero-order valence-electron chi connectivity index (χ0n) is 24.3. The topological polar surface area (TPSA) is 65.8 Å². The summed E-state index contributed by atoms with van der Waals surface area (Å²) in [6.45, 7) is 17.1. The van der Waals surface area contributed by atoms with E-state index in [1.165, 1.54) is 12.1 Å². The first-order valence-corrected chi connectivity index (χ1v) is 13.7. The van der Waals surface area contributed by atoms with Crippen molar-refractivity contribution < 1.29 is 23.2 Å². The van der Waals surface area contributed by atoms with Crippen molar-refractivity contribution in [3.8, 4) is 5.69 Å². The standard InChI is InChI=1S/C30H39BFN3O4/c1-20-15-25-21(17-33-35(25)23-11-9-22(32)10-12-23)16-24(20)30(18-31-38-28(5,6)29(7,8)39-31)13-14-34(19-30)26(36)37-27(2,3)4/h9-12,15-17H,13-14,18-19H2,1-8H3. The second-order valence-electron chi connectivity index (χ2n) is 13.1. The number of carbonyl (C=O) groups is 1. The molecule has 2 saturated heterocycles. The second-order valence-corrected chi connectivity index (χ2v) is 13.1. The number of benzene rings is 2. The number of aromatic nitrogens is 2. The van der Waals surface area contributed by atoms with E-state index < -0.39 is 29.3 Å². The Labute approximate surface area is 230 Å². The van der Waals surface area contributed by atoms with Gasteiger partial charge in [0.2, 0.25) is 0 Å². The van der Waals surface area contributed by atoms with Crippen molar-refractivity contribution in [2.45, 2.75) is 90.3 Å². The molecule has 0 bridgehead atoms. The molecule has 0 aliphatic carbocycles. The Bertz CT molecular complexity index is 1380. The molecule has 0 saturated carbocycles. The molecule has 2 aromatic carbocycles. The molecule has 1 atom stereocenters. The zero-order valence-corrected chi connectivity index (χ0v) is 24.3. The summed E-state index contributed by atoms with van der Waals surface area (Å²) in [5.41, 5.74) is 2.11. The number of carbonyl (C=O) groups excluding carboxylic acids is 1. The highest BCUT2D eigenvalue weighted by Gasteiger charge is 2.55.